The van der Waals surface area contributed by atoms with Crippen molar-refractivity contribution in [1.82, 2.24) is 5.32 Å². The molecule has 4 heteroatoms. The van der Waals surface area contributed by atoms with Crippen molar-refractivity contribution in [2.45, 2.75) is 25.8 Å². The number of rotatable bonds is 4. The lowest BCUT2D eigenvalue weighted by Gasteiger charge is -2.17. The van der Waals surface area contributed by atoms with E-state index in [0.717, 1.165) is 36.1 Å². The van der Waals surface area contributed by atoms with Gasteiger partial charge in [-0.05, 0) is 37.6 Å². The van der Waals surface area contributed by atoms with Crippen molar-refractivity contribution in [3.05, 3.63) is 28.7 Å². The number of amides is 1. The Labute approximate surface area is 110 Å². The zero-order valence-corrected chi connectivity index (χ0v) is 11.5. The summed E-state index contributed by atoms with van der Waals surface area (Å²) in [6.07, 6.45) is 1.95. The second-order valence-corrected chi connectivity index (χ2v) is 5.18. The second kappa shape index (κ2) is 5.65. The van der Waals surface area contributed by atoms with Crippen LogP contribution in [0.5, 0.6) is 0 Å². The predicted octanol–water partition coefficient (Wildman–Crippen LogP) is 2.55. The number of anilines is 1. The van der Waals surface area contributed by atoms with Crippen molar-refractivity contribution in [3.63, 3.8) is 0 Å². The van der Waals surface area contributed by atoms with Crippen molar-refractivity contribution < 1.29 is 4.79 Å². The lowest BCUT2D eigenvalue weighted by molar-refractivity contribution is -0.118. The third-order valence-corrected chi connectivity index (χ3v) is 3.46. The molecule has 1 heterocycles. The summed E-state index contributed by atoms with van der Waals surface area (Å²) in [5, 5.41) is 3.29. The molecule has 1 aromatic rings. The largest absolute Gasteiger partial charge is 0.311 e. The molecule has 0 aliphatic carbocycles. The minimum atomic E-state index is -0.00562. The summed E-state index contributed by atoms with van der Waals surface area (Å²) in [6.45, 7) is 3.82. The summed E-state index contributed by atoms with van der Waals surface area (Å²) in [4.78, 5) is 14.0. The minimum absolute atomic E-state index is 0.00562. The molecule has 3 nitrogen and oxygen atoms in total. The first-order valence-electron chi connectivity index (χ1n) is 6.02. The molecule has 1 amide bonds. The van der Waals surface area contributed by atoms with E-state index in [9.17, 15) is 4.79 Å². The van der Waals surface area contributed by atoms with Gasteiger partial charge in [0, 0.05) is 16.7 Å². The van der Waals surface area contributed by atoms with Crippen molar-refractivity contribution in [1.29, 1.82) is 0 Å². The molecule has 2 rings (SSSR count). The van der Waals surface area contributed by atoms with Crippen LogP contribution in [0.25, 0.3) is 0 Å². The van der Waals surface area contributed by atoms with Crippen LogP contribution >= 0.6 is 15.9 Å². The van der Waals surface area contributed by atoms with Crippen LogP contribution in [0.4, 0.5) is 5.69 Å². The van der Waals surface area contributed by atoms with Gasteiger partial charge in [0.1, 0.15) is 0 Å². The van der Waals surface area contributed by atoms with E-state index in [-0.39, 0.29) is 11.9 Å². The first kappa shape index (κ1) is 12.6. The minimum Gasteiger partial charge on any atom is -0.311 e. The molecular weight excluding hydrogens is 280 g/mol. The van der Waals surface area contributed by atoms with Gasteiger partial charge in [-0.2, -0.15) is 0 Å². The van der Waals surface area contributed by atoms with Crippen LogP contribution in [-0.2, 0) is 4.79 Å². The standard InChI is InChI=1S/C13H17BrN2O/c1-2-7-15-12-6-8-16(13(12)17)11-5-3-4-10(14)9-11/h3-5,9,12,15H,2,6-8H2,1H3. The number of nitrogens with one attached hydrogen (secondary N) is 1. The number of hydrogen-bond donors (Lipinski definition) is 1. The highest BCUT2D eigenvalue weighted by Crippen LogP contribution is 2.24. The molecule has 0 saturated carbocycles. The number of carbonyl (C=O) groups is 1. The van der Waals surface area contributed by atoms with Crippen molar-refractivity contribution in [3.8, 4) is 0 Å². The zero-order chi connectivity index (χ0) is 12.3. The van der Waals surface area contributed by atoms with Crippen molar-refractivity contribution in [2.75, 3.05) is 18.0 Å². The van der Waals surface area contributed by atoms with Crippen molar-refractivity contribution >= 4 is 27.5 Å². The third-order valence-electron chi connectivity index (χ3n) is 2.97. The number of benzene rings is 1. The SMILES string of the molecule is CCCNC1CCN(c2cccc(Br)c2)C1=O. The molecule has 1 aromatic carbocycles. The van der Waals surface area contributed by atoms with Crippen LogP contribution < -0.4 is 10.2 Å². The summed E-state index contributed by atoms with van der Waals surface area (Å²) >= 11 is 3.43. The molecule has 1 atom stereocenters. The lowest BCUT2D eigenvalue weighted by atomic mass is 10.2. The van der Waals surface area contributed by atoms with Gasteiger partial charge in [0.25, 0.3) is 0 Å². The Morgan fingerprint density at radius 3 is 3.06 bits per heavy atom. The van der Waals surface area contributed by atoms with Gasteiger partial charge in [-0.15, -0.1) is 0 Å². The Morgan fingerprint density at radius 2 is 2.35 bits per heavy atom. The van der Waals surface area contributed by atoms with Crippen LogP contribution in [0.2, 0.25) is 0 Å². The Kier molecular flexibility index (Phi) is 4.18. The van der Waals surface area contributed by atoms with Crippen LogP contribution in [0.1, 0.15) is 19.8 Å². The number of nitrogens with zero attached hydrogens (tertiary/aromatic N) is 1. The average Bonchev–Trinajstić information content (AvgIpc) is 2.68. The van der Waals surface area contributed by atoms with Crippen molar-refractivity contribution in [2.24, 2.45) is 0 Å². The lowest BCUT2D eigenvalue weighted by Crippen LogP contribution is -2.38. The van der Waals surface area contributed by atoms with Gasteiger partial charge in [0.2, 0.25) is 5.91 Å². The van der Waals surface area contributed by atoms with E-state index < -0.39 is 0 Å². The van der Waals surface area contributed by atoms with Crippen LogP contribution in [0.15, 0.2) is 28.7 Å². The second-order valence-electron chi connectivity index (χ2n) is 4.27. The van der Waals surface area contributed by atoms with Gasteiger partial charge in [-0.25, -0.2) is 0 Å². The highest BCUT2D eigenvalue weighted by atomic mass is 79.9. The molecule has 0 radical (unpaired) electrons. The smallest absolute Gasteiger partial charge is 0.244 e. The van der Waals surface area contributed by atoms with E-state index >= 15 is 0 Å². The Balaban J connectivity index is 2.07. The average molecular weight is 297 g/mol. The number of hydrogen-bond acceptors (Lipinski definition) is 2. The van der Waals surface area contributed by atoms with E-state index in [2.05, 4.69) is 28.2 Å². The van der Waals surface area contributed by atoms with E-state index in [0.29, 0.717) is 0 Å². The van der Waals surface area contributed by atoms with E-state index in [1.54, 1.807) is 0 Å². The summed E-state index contributed by atoms with van der Waals surface area (Å²) in [5.74, 6) is 0.191. The maximum atomic E-state index is 12.2. The van der Waals surface area contributed by atoms with E-state index in [1.807, 2.05) is 29.2 Å². The molecule has 1 aliphatic rings. The molecule has 1 N–H and O–H groups in total. The first-order chi connectivity index (χ1) is 8.22. The van der Waals surface area contributed by atoms with Crippen LogP contribution in [0.3, 0.4) is 0 Å². The molecule has 1 unspecified atom stereocenters. The topological polar surface area (TPSA) is 32.3 Å². The normalized spacial score (nSPS) is 20.0. The fraction of sp³-hybridized carbons (Fsp3) is 0.462. The van der Waals surface area contributed by atoms with Crippen LogP contribution in [0, 0.1) is 0 Å². The molecule has 1 saturated heterocycles. The Hall–Kier alpha value is -0.870. The van der Waals surface area contributed by atoms with Gasteiger partial charge in [-0.1, -0.05) is 28.9 Å². The van der Waals surface area contributed by atoms with E-state index in [1.165, 1.54) is 0 Å². The predicted molar refractivity (Wildman–Crippen MR) is 73.2 cm³/mol. The zero-order valence-electron chi connectivity index (χ0n) is 9.95. The van der Waals surface area contributed by atoms with Gasteiger partial charge in [0.05, 0.1) is 6.04 Å². The fourth-order valence-corrected chi connectivity index (χ4v) is 2.48. The van der Waals surface area contributed by atoms with Gasteiger partial charge >= 0.3 is 0 Å². The van der Waals surface area contributed by atoms with Crippen LogP contribution in [-0.4, -0.2) is 25.0 Å². The summed E-state index contributed by atoms with van der Waals surface area (Å²) in [7, 11) is 0. The summed E-state index contributed by atoms with van der Waals surface area (Å²) < 4.78 is 1.01. The molecule has 92 valence electrons. The molecule has 1 aliphatic heterocycles. The van der Waals surface area contributed by atoms with Gasteiger partial charge < -0.3 is 10.2 Å². The fourth-order valence-electron chi connectivity index (χ4n) is 2.09. The highest BCUT2D eigenvalue weighted by molar-refractivity contribution is 9.10. The molecule has 1 fully saturated rings. The third kappa shape index (κ3) is 2.87. The Bertz CT molecular complexity index is 408. The number of carbonyl (C=O) groups excluding carboxylic acids is 1. The maximum Gasteiger partial charge on any atom is 0.244 e. The molecule has 0 aromatic heterocycles. The maximum absolute atomic E-state index is 12.2. The molecule has 17 heavy (non-hydrogen) atoms. The Morgan fingerprint density at radius 1 is 1.53 bits per heavy atom. The first-order valence-corrected chi connectivity index (χ1v) is 6.82. The molecule has 0 spiro atoms. The molecular formula is C13H17BrN2O. The summed E-state index contributed by atoms with van der Waals surface area (Å²) in [6, 6.07) is 7.88. The quantitative estimate of drug-likeness (QED) is 0.926. The highest BCUT2D eigenvalue weighted by Gasteiger charge is 2.31. The summed E-state index contributed by atoms with van der Waals surface area (Å²) in [5.41, 5.74) is 0.977. The monoisotopic (exact) mass is 296 g/mol. The van der Waals surface area contributed by atoms with Gasteiger partial charge in [0.15, 0.2) is 0 Å². The number of halogens is 1. The van der Waals surface area contributed by atoms with Gasteiger partial charge in [-0.3, -0.25) is 4.79 Å². The van der Waals surface area contributed by atoms with E-state index in [4.69, 9.17) is 0 Å². The molecule has 0 bridgehead atoms.